The second-order valence-corrected chi connectivity index (χ2v) is 7.35. The van der Waals surface area contributed by atoms with Crippen molar-refractivity contribution in [3.63, 3.8) is 0 Å². The molecule has 1 N–H and O–H groups in total. The van der Waals surface area contributed by atoms with Gasteiger partial charge in [-0.1, -0.05) is 27.7 Å². The van der Waals surface area contributed by atoms with Crippen molar-refractivity contribution >= 4 is 16.9 Å². The van der Waals surface area contributed by atoms with E-state index < -0.39 is 11.2 Å². The number of carbonyl (C=O) groups excluding carboxylic acids is 1. The molecule has 0 radical (unpaired) electrons. The first kappa shape index (κ1) is 20.4. The van der Waals surface area contributed by atoms with Gasteiger partial charge in [0.1, 0.15) is 0 Å². The molecule has 8 heteroatoms. The Bertz CT molecular complexity index is 1010. The smallest absolute Gasteiger partial charge is 0.330 e. The van der Waals surface area contributed by atoms with Crippen LogP contribution in [0.1, 0.15) is 56.1 Å². The summed E-state index contributed by atoms with van der Waals surface area (Å²) in [6.07, 6.45) is 0.191. The van der Waals surface area contributed by atoms with Crippen molar-refractivity contribution in [1.82, 2.24) is 19.4 Å². The van der Waals surface area contributed by atoms with Crippen LogP contribution in [0.5, 0.6) is 0 Å². The highest BCUT2D eigenvalue weighted by Gasteiger charge is 2.22. The zero-order valence-corrected chi connectivity index (χ0v) is 16.4. The largest absolute Gasteiger partial charge is 0.341 e. The third-order valence-electron chi connectivity index (χ3n) is 4.24. The summed E-state index contributed by atoms with van der Waals surface area (Å²) in [6, 6.07) is 3.61. The van der Waals surface area contributed by atoms with Crippen LogP contribution < -0.4 is 11.2 Å². The zero-order valence-electron chi connectivity index (χ0n) is 16.4. The molecule has 2 aromatic rings. The molecule has 2 heterocycles. The normalized spacial score (nSPS) is 11.2. The standard InChI is InChI=1S/C19H25N5O3/c1-11(2)10-24-16-15(17(25)22-19(24)27)13(9-14(21-16)12(3)4)18(26)23(5)8-6-7-20/h9,11-12H,6,8,10H2,1-5H3,(H,22,25,27). The summed E-state index contributed by atoms with van der Waals surface area (Å²) in [5.74, 6) is -0.217. The average Bonchev–Trinajstić information content (AvgIpc) is 2.60. The van der Waals surface area contributed by atoms with Gasteiger partial charge in [-0.3, -0.25) is 19.1 Å². The Morgan fingerprint density at radius 2 is 2.00 bits per heavy atom. The monoisotopic (exact) mass is 371 g/mol. The Kier molecular flexibility index (Phi) is 6.16. The Labute approximate surface area is 157 Å². The van der Waals surface area contributed by atoms with E-state index in [0.717, 1.165) is 0 Å². The van der Waals surface area contributed by atoms with E-state index in [1.165, 1.54) is 9.47 Å². The van der Waals surface area contributed by atoms with Crippen LogP contribution in [-0.4, -0.2) is 38.9 Å². The van der Waals surface area contributed by atoms with E-state index in [4.69, 9.17) is 5.26 Å². The van der Waals surface area contributed by atoms with Crippen LogP contribution in [0.2, 0.25) is 0 Å². The van der Waals surface area contributed by atoms with Gasteiger partial charge in [-0.05, 0) is 17.9 Å². The molecule has 27 heavy (non-hydrogen) atoms. The van der Waals surface area contributed by atoms with Gasteiger partial charge in [0.15, 0.2) is 5.65 Å². The fourth-order valence-corrected chi connectivity index (χ4v) is 2.82. The Hall–Kier alpha value is -2.95. The lowest BCUT2D eigenvalue weighted by Gasteiger charge is -2.19. The molecule has 0 fully saturated rings. The van der Waals surface area contributed by atoms with Crippen molar-refractivity contribution in [2.24, 2.45) is 5.92 Å². The van der Waals surface area contributed by atoms with Crippen LogP contribution in [0, 0.1) is 17.2 Å². The molecule has 0 spiro atoms. The van der Waals surface area contributed by atoms with Crippen molar-refractivity contribution in [3.05, 3.63) is 38.2 Å². The summed E-state index contributed by atoms with van der Waals surface area (Å²) in [4.78, 5) is 46.1. The summed E-state index contributed by atoms with van der Waals surface area (Å²) < 4.78 is 1.42. The van der Waals surface area contributed by atoms with E-state index in [2.05, 4.69) is 9.97 Å². The highest BCUT2D eigenvalue weighted by Crippen LogP contribution is 2.21. The van der Waals surface area contributed by atoms with E-state index in [1.807, 2.05) is 33.8 Å². The van der Waals surface area contributed by atoms with Crippen LogP contribution >= 0.6 is 0 Å². The lowest BCUT2D eigenvalue weighted by atomic mass is 10.0. The molecule has 0 aliphatic rings. The number of hydrogen-bond donors (Lipinski definition) is 1. The first-order valence-electron chi connectivity index (χ1n) is 8.97. The maximum absolute atomic E-state index is 13.0. The number of H-pyrrole nitrogens is 1. The first-order chi connectivity index (χ1) is 12.7. The van der Waals surface area contributed by atoms with Crippen molar-refractivity contribution < 1.29 is 4.79 Å². The number of rotatable bonds is 6. The SMILES string of the molecule is CC(C)Cn1c(=O)[nH]c(=O)c2c(C(=O)N(C)CCC#N)cc(C(C)C)nc21. The van der Waals surface area contributed by atoms with Gasteiger partial charge in [0.05, 0.1) is 23.4 Å². The molecular formula is C19H25N5O3. The Balaban J connectivity index is 2.83. The molecule has 0 atom stereocenters. The molecule has 0 aliphatic heterocycles. The van der Waals surface area contributed by atoms with Gasteiger partial charge < -0.3 is 4.90 Å². The average molecular weight is 371 g/mol. The van der Waals surface area contributed by atoms with Gasteiger partial charge in [-0.25, -0.2) is 9.78 Å². The number of nitrogens with zero attached hydrogens (tertiary/aromatic N) is 4. The number of carbonyl (C=O) groups is 1. The van der Waals surface area contributed by atoms with Crippen LogP contribution in [-0.2, 0) is 6.54 Å². The van der Waals surface area contributed by atoms with Crippen molar-refractivity contribution in [2.75, 3.05) is 13.6 Å². The molecule has 0 saturated heterocycles. The highest BCUT2D eigenvalue weighted by molar-refractivity contribution is 6.05. The second kappa shape index (κ2) is 8.16. The number of aromatic nitrogens is 3. The maximum atomic E-state index is 13.0. The molecule has 1 amide bonds. The summed E-state index contributed by atoms with van der Waals surface area (Å²) in [7, 11) is 1.58. The van der Waals surface area contributed by atoms with E-state index in [1.54, 1.807) is 13.1 Å². The summed E-state index contributed by atoms with van der Waals surface area (Å²) in [5.41, 5.74) is -0.119. The van der Waals surface area contributed by atoms with Crippen molar-refractivity contribution in [2.45, 2.75) is 46.6 Å². The molecular weight excluding hydrogens is 346 g/mol. The van der Waals surface area contributed by atoms with Crippen LogP contribution in [0.15, 0.2) is 15.7 Å². The number of nitriles is 1. The van der Waals surface area contributed by atoms with Crippen LogP contribution in [0.25, 0.3) is 11.0 Å². The number of aromatic amines is 1. The van der Waals surface area contributed by atoms with E-state index >= 15 is 0 Å². The highest BCUT2D eigenvalue weighted by atomic mass is 16.2. The molecule has 0 aromatic carbocycles. The minimum atomic E-state index is -0.630. The minimum Gasteiger partial charge on any atom is -0.341 e. The van der Waals surface area contributed by atoms with Gasteiger partial charge in [-0.15, -0.1) is 0 Å². The maximum Gasteiger partial charge on any atom is 0.330 e. The number of pyridine rings is 1. The number of fused-ring (bicyclic) bond motifs is 1. The van der Waals surface area contributed by atoms with Gasteiger partial charge in [0.2, 0.25) is 0 Å². The predicted octanol–water partition coefficient (Wildman–Crippen LogP) is 1.85. The van der Waals surface area contributed by atoms with E-state index in [9.17, 15) is 14.4 Å². The van der Waals surface area contributed by atoms with Gasteiger partial charge in [0.25, 0.3) is 11.5 Å². The fraction of sp³-hybridized carbons (Fsp3) is 0.526. The quantitative estimate of drug-likeness (QED) is 0.833. The Morgan fingerprint density at radius 3 is 2.56 bits per heavy atom. The molecule has 144 valence electrons. The molecule has 8 nitrogen and oxygen atoms in total. The number of nitrogens with one attached hydrogen (secondary N) is 1. The minimum absolute atomic E-state index is 0.00672. The third-order valence-corrected chi connectivity index (χ3v) is 4.24. The second-order valence-electron chi connectivity index (χ2n) is 7.35. The molecule has 2 aromatic heterocycles. The predicted molar refractivity (Wildman–Crippen MR) is 103 cm³/mol. The number of hydrogen-bond acceptors (Lipinski definition) is 5. The number of amides is 1. The van der Waals surface area contributed by atoms with Gasteiger partial charge >= 0.3 is 5.69 Å². The van der Waals surface area contributed by atoms with E-state index in [-0.39, 0.29) is 47.3 Å². The molecule has 0 bridgehead atoms. The lowest BCUT2D eigenvalue weighted by Crippen LogP contribution is -2.35. The van der Waals surface area contributed by atoms with Crippen LogP contribution in [0.3, 0.4) is 0 Å². The van der Waals surface area contributed by atoms with E-state index in [0.29, 0.717) is 12.2 Å². The summed E-state index contributed by atoms with van der Waals surface area (Å²) in [6.45, 7) is 8.40. The zero-order chi connectivity index (χ0) is 20.3. The third kappa shape index (κ3) is 4.25. The molecule has 0 aliphatic carbocycles. The summed E-state index contributed by atoms with van der Waals surface area (Å²) in [5, 5.41) is 8.87. The topological polar surface area (TPSA) is 112 Å². The fourth-order valence-electron chi connectivity index (χ4n) is 2.82. The lowest BCUT2D eigenvalue weighted by molar-refractivity contribution is 0.0799. The first-order valence-corrected chi connectivity index (χ1v) is 8.97. The van der Waals surface area contributed by atoms with Crippen molar-refractivity contribution in [1.29, 1.82) is 5.26 Å². The van der Waals surface area contributed by atoms with Crippen molar-refractivity contribution in [3.8, 4) is 6.07 Å². The van der Waals surface area contributed by atoms with Gasteiger partial charge in [-0.2, -0.15) is 5.26 Å². The Morgan fingerprint density at radius 1 is 1.33 bits per heavy atom. The van der Waals surface area contributed by atoms with Gasteiger partial charge in [0, 0.05) is 25.8 Å². The molecule has 0 saturated carbocycles. The molecule has 0 unspecified atom stereocenters. The summed E-state index contributed by atoms with van der Waals surface area (Å²) >= 11 is 0. The molecule has 2 rings (SSSR count). The van der Waals surface area contributed by atoms with Crippen LogP contribution in [0.4, 0.5) is 0 Å².